The van der Waals surface area contributed by atoms with Crippen LogP contribution >= 0.6 is 0 Å². The van der Waals surface area contributed by atoms with Gasteiger partial charge in [-0.3, -0.25) is 4.79 Å². The molecular formula is C8H5N2O. The highest BCUT2D eigenvalue weighted by Gasteiger charge is 1.94. The molecule has 0 saturated carbocycles. The van der Waals surface area contributed by atoms with Crippen LogP contribution in [0.15, 0.2) is 29.2 Å². The third kappa shape index (κ3) is 0.902. The molecule has 1 N–H and O–H groups in total. The van der Waals surface area contributed by atoms with Crippen molar-refractivity contribution in [3.63, 3.8) is 0 Å². The summed E-state index contributed by atoms with van der Waals surface area (Å²) in [5.74, 6) is 0. The van der Waals surface area contributed by atoms with E-state index in [1.165, 1.54) is 6.07 Å². The predicted molar refractivity (Wildman–Crippen MR) is 41.2 cm³/mol. The maximum atomic E-state index is 11.1. The van der Waals surface area contributed by atoms with Crippen LogP contribution in [0.5, 0.6) is 0 Å². The van der Waals surface area contributed by atoms with Crippen LogP contribution in [0.4, 0.5) is 0 Å². The van der Waals surface area contributed by atoms with Gasteiger partial charge in [0.1, 0.15) is 5.65 Å². The third-order valence-corrected chi connectivity index (χ3v) is 1.47. The summed E-state index contributed by atoms with van der Waals surface area (Å²) >= 11 is 0. The van der Waals surface area contributed by atoms with Crippen molar-refractivity contribution in [2.24, 2.45) is 0 Å². The quantitative estimate of drug-likeness (QED) is 0.593. The highest BCUT2D eigenvalue weighted by Crippen LogP contribution is 1.98. The van der Waals surface area contributed by atoms with E-state index in [1.807, 2.05) is 0 Å². The molecule has 0 atom stereocenters. The number of hydrogen-bond donors (Lipinski definition) is 1. The van der Waals surface area contributed by atoms with Crippen molar-refractivity contribution in [1.29, 1.82) is 0 Å². The molecule has 0 spiro atoms. The second kappa shape index (κ2) is 2.20. The molecule has 0 aromatic carbocycles. The van der Waals surface area contributed by atoms with E-state index in [9.17, 15) is 4.79 Å². The number of nitrogens with one attached hydrogen (secondary N) is 1. The Kier molecular flexibility index (Phi) is 1.22. The van der Waals surface area contributed by atoms with E-state index in [0.29, 0.717) is 11.0 Å². The highest BCUT2D eigenvalue weighted by molar-refractivity contribution is 5.73. The summed E-state index contributed by atoms with van der Waals surface area (Å²) in [5.41, 5.74) is 0.534. The number of fused-ring (bicyclic) bond motifs is 1. The van der Waals surface area contributed by atoms with Gasteiger partial charge in [-0.25, -0.2) is 4.98 Å². The minimum absolute atomic E-state index is 0.0492. The second-order valence-corrected chi connectivity index (χ2v) is 2.18. The van der Waals surface area contributed by atoms with Crippen LogP contribution in [0.25, 0.3) is 11.0 Å². The first-order valence-electron chi connectivity index (χ1n) is 3.22. The van der Waals surface area contributed by atoms with E-state index >= 15 is 0 Å². The summed E-state index contributed by atoms with van der Waals surface area (Å²) < 4.78 is 0. The first-order valence-corrected chi connectivity index (χ1v) is 3.22. The first kappa shape index (κ1) is 6.09. The molecule has 0 aliphatic heterocycles. The fourth-order valence-electron chi connectivity index (χ4n) is 0.951. The first-order chi connectivity index (χ1) is 5.38. The van der Waals surface area contributed by atoms with Crippen molar-refractivity contribution in [3.05, 3.63) is 40.8 Å². The smallest absolute Gasteiger partial charge is 0.191 e. The summed E-state index contributed by atoms with van der Waals surface area (Å²) in [6.45, 7) is 0. The van der Waals surface area contributed by atoms with E-state index in [-0.39, 0.29) is 5.43 Å². The molecule has 0 amide bonds. The lowest BCUT2D eigenvalue weighted by atomic mass is 10.3. The molecule has 0 bridgehead atoms. The monoisotopic (exact) mass is 145 g/mol. The average Bonchev–Trinajstić information content (AvgIpc) is 2.06. The Hall–Kier alpha value is -1.64. The van der Waals surface area contributed by atoms with E-state index in [1.54, 1.807) is 18.3 Å². The fraction of sp³-hybridized carbons (Fsp3) is 0. The van der Waals surface area contributed by atoms with Gasteiger partial charge >= 0.3 is 0 Å². The molecule has 53 valence electrons. The van der Waals surface area contributed by atoms with Crippen molar-refractivity contribution in [1.82, 2.24) is 9.97 Å². The van der Waals surface area contributed by atoms with Crippen LogP contribution in [0.3, 0.4) is 0 Å². The van der Waals surface area contributed by atoms with Crippen LogP contribution in [-0.2, 0) is 0 Å². The van der Waals surface area contributed by atoms with E-state index < -0.39 is 0 Å². The van der Waals surface area contributed by atoms with Gasteiger partial charge in [-0.15, -0.1) is 0 Å². The van der Waals surface area contributed by atoms with E-state index in [0.717, 1.165) is 0 Å². The number of aromatic amines is 1. The lowest BCUT2D eigenvalue weighted by Crippen LogP contribution is -2.00. The Labute approximate surface area is 62.7 Å². The molecule has 1 radical (unpaired) electrons. The normalized spacial score (nSPS) is 10.2. The maximum Gasteiger partial charge on any atom is 0.191 e. The molecule has 0 unspecified atom stereocenters. The van der Waals surface area contributed by atoms with E-state index in [4.69, 9.17) is 0 Å². The maximum absolute atomic E-state index is 11.1. The Balaban J connectivity index is 3.03. The molecule has 0 fully saturated rings. The summed E-state index contributed by atoms with van der Waals surface area (Å²) in [7, 11) is 0. The molecule has 2 aromatic rings. The Morgan fingerprint density at radius 3 is 3.27 bits per heavy atom. The van der Waals surface area contributed by atoms with Gasteiger partial charge in [-0.2, -0.15) is 0 Å². The van der Waals surface area contributed by atoms with Crippen LogP contribution in [0.2, 0.25) is 0 Å². The van der Waals surface area contributed by atoms with Crippen LogP contribution in [-0.4, -0.2) is 9.97 Å². The number of pyridine rings is 2. The minimum atomic E-state index is -0.0492. The second-order valence-electron chi connectivity index (χ2n) is 2.18. The topological polar surface area (TPSA) is 45.8 Å². The third-order valence-electron chi connectivity index (χ3n) is 1.47. The van der Waals surface area contributed by atoms with Gasteiger partial charge in [-0.05, 0) is 12.1 Å². The standard InChI is InChI=1S/C8H5N2O/c11-7-3-5-10-8-6(7)2-1-4-9-8/h1-4H,(H,9,10,11). The highest BCUT2D eigenvalue weighted by atomic mass is 16.1. The lowest BCUT2D eigenvalue weighted by molar-refractivity contribution is 1.27. The molecule has 0 aliphatic carbocycles. The molecular weight excluding hydrogens is 140 g/mol. The van der Waals surface area contributed by atoms with Gasteiger partial charge in [0.15, 0.2) is 5.43 Å². The van der Waals surface area contributed by atoms with Gasteiger partial charge < -0.3 is 4.98 Å². The predicted octanol–water partition coefficient (Wildman–Crippen LogP) is 0.723. The van der Waals surface area contributed by atoms with Gasteiger partial charge in [0, 0.05) is 12.3 Å². The molecule has 3 heteroatoms. The summed E-state index contributed by atoms with van der Waals surface area (Å²) in [6, 6.07) is 4.83. The average molecular weight is 145 g/mol. The number of rotatable bonds is 0. The number of H-pyrrole nitrogens is 1. The van der Waals surface area contributed by atoms with Gasteiger partial charge in [0.25, 0.3) is 0 Å². The zero-order valence-electron chi connectivity index (χ0n) is 5.66. The van der Waals surface area contributed by atoms with Crippen molar-refractivity contribution in [2.75, 3.05) is 0 Å². The largest absolute Gasteiger partial charge is 0.338 e. The van der Waals surface area contributed by atoms with Crippen molar-refractivity contribution < 1.29 is 0 Å². The zero-order chi connectivity index (χ0) is 7.68. The van der Waals surface area contributed by atoms with Crippen LogP contribution in [0, 0.1) is 6.20 Å². The van der Waals surface area contributed by atoms with Crippen molar-refractivity contribution in [3.8, 4) is 0 Å². The minimum Gasteiger partial charge on any atom is -0.338 e. The zero-order valence-corrected chi connectivity index (χ0v) is 5.66. The van der Waals surface area contributed by atoms with Gasteiger partial charge in [0.2, 0.25) is 0 Å². The fourth-order valence-corrected chi connectivity index (χ4v) is 0.951. The number of aromatic nitrogens is 2. The molecule has 3 nitrogen and oxygen atoms in total. The molecule has 0 aliphatic rings. The molecule has 2 rings (SSSR count). The van der Waals surface area contributed by atoms with Crippen molar-refractivity contribution >= 4 is 11.0 Å². The SMILES string of the molecule is O=c1c[c][nH]c2ncccc12. The van der Waals surface area contributed by atoms with E-state index in [2.05, 4.69) is 16.2 Å². The Morgan fingerprint density at radius 2 is 2.45 bits per heavy atom. The summed E-state index contributed by atoms with van der Waals surface area (Å²) in [4.78, 5) is 17.8. The molecule has 2 heterocycles. The summed E-state index contributed by atoms with van der Waals surface area (Å²) in [5, 5.41) is 0.603. The lowest BCUT2D eigenvalue weighted by Gasteiger charge is -1.91. The number of hydrogen-bond acceptors (Lipinski definition) is 2. The molecule has 2 aromatic heterocycles. The summed E-state index contributed by atoms with van der Waals surface area (Å²) in [6.07, 6.45) is 4.23. The van der Waals surface area contributed by atoms with Crippen LogP contribution < -0.4 is 5.43 Å². The van der Waals surface area contributed by atoms with Gasteiger partial charge in [0.05, 0.1) is 11.6 Å². The van der Waals surface area contributed by atoms with Crippen molar-refractivity contribution in [2.45, 2.75) is 0 Å². The van der Waals surface area contributed by atoms with Gasteiger partial charge in [-0.1, -0.05) is 0 Å². The van der Waals surface area contributed by atoms with Crippen LogP contribution in [0.1, 0.15) is 0 Å². The Bertz CT molecular complexity index is 428. The molecule has 11 heavy (non-hydrogen) atoms. The number of nitrogens with zero attached hydrogens (tertiary/aromatic N) is 1. The Morgan fingerprint density at radius 1 is 1.55 bits per heavy atom. The molecule has 0 saturated heterocycles.